The number of likely N-dealkylation sites (N-methyl/N-ethyl adjacent to an activating group) is 1. The first kappa shape index (κ1) is 31.9. The van der Waals surface area contributed by atoms with Crippen molar-refractivity contribution in [2.75, 3.05) is 12.1 Å². The van der Waals surface area contributed by atoms with Crippen LogP contribution in [-0.2, 0) is 36.3 Å². The van der Waals surface area contributed by atoms with Crippen LogP contribution in [0.25, 0.3) is 21.5 Å². The molecule has 3 heterocycles. The first-order valence-electron chi connectivity index (χ1n) is 12.9. The second-order valence-corrected chi connectivity index (χ2v) is 11.7. The fourth-order valence-corrected chi connectivity index (χ4v) is 6.73. The Morgan fingerprint density at radius 3 is 2.37 bits per heavy atom. The number of amides is 1. The van der Waals surface area contributed by atoms with Gasteiger partial charge in [-0.1, -0.05) is 26.3 Å². The molecule has 1 N–H and O–H groups in total. The van der Waals surface area contributed by atoms with E-state index >= 15 is 0 Å². The Kier molecular flexibility index (Phi) is 8.83. The van der Waals surface area contributed by atoms with Gasteiger partial charge in [-0.05, 0) is 29.0 Å². The fourth-order valence-electron chi connectivity index (χ4n) is 4.77. The zero-order valence-corrected chi connectivity index (χ0v) is 25.2. The maximum atomic E-state index is 14.5. The number of benzene rings is 1. The Balaban J connectivity index is 1.86. The Bertz CT molecular complexity index is 1920. The van der Waals surface area contributed by atoms with E-state index < -0.39 is 52.6 Å². The average Bonchev–Trinajstić information content (AvgIpc) is 3.54. The summed E-state index contributed by atoms with van der Waals surface area (Å²) >= 11 is 2.02. The number of thiophene rings is 1. The predicted octanol–water partition coefficient (Wildman–Crippen LogP) is 3.72. The van der Waals surface area contributed by atoms with Crippen LogP contribution in [0.3, 0.4) is 0 Å². The highest BCUT2D eigenvalue weighted by Gasteiger charge is 2.35. The lowest BCUT2D eigenvalue weighted by Crippen LogP contribution is -2.52. The van der Waals surface area contributed by atoms with Gasteiger partial charge in [0.25, 0.3) is 11.5 Å². The molecule has 1 aromatic carbocycles. The number of aryl methyl sites for hydroxylation is 1. The van der Waals surface area contributed by atoms with Crippen LogP contribution in [0.1, 0.15) is 31.4 Å². The minimum absolute atomic E-state index is 0.00373. The first-order valence-corrected chi connectivity index (χ1v) is 14.6. The number of aromatic nitrogens is 3. The highest BCUT2D eigenvalue weighted by atomic mass is 32.1. The number of nitrogens with zero attached hydrogens (tertiary/aromatic N) is 5. The number of alkyl halides is 3. The smallest absolute Gasteiger partial charge is 0.419 e. The SMILES string of the molecule is CC[C@H](C)[C@@H](C(=O)O)N(C)n1c(-c2ccc(C(F)(F)F)c(F)c2)csc1=NC(=O)Cc1csc2c1c(=O)n(C)c(=O)n2C. The first-order chi connectivity index (χ1) is 20.1. The van der Waals surface area contributed by atoms with Crippen LogP contribution in [0.5, 0.6) is 0 Å². The summed E-state index contributed by atoms with van der Waals surface area (Å²) in [7, 11) is 4.26. The molecule has 0 spiro atoms. The molecule has 3 aromatic heterocycles. The normalized spacial score (nSPS) is 13.8. The van der Waals surface area contributed by atoms with E-state index in [-0.39, 0.29) is 27.9 Å². The number of hydrogen-bond donors (Lipinski definition) is 1. The number of rotatable bonds is 8. The minimum atomic E-state index is -4.92. The molecule has 0 aliphatic heterocycles. The summed E-state index contributed by atoms with van der Waals surface area (Å²) in [6, 6.07) is 1.20. The van der Waals surface area contributed by atoms with Crippen molar-refractivity contribution in [3.05, 3.63) is 71.5 Å². The van der Waals surface area contributed by atoms with Crippen molar-refractivity contribution in [2.45, 2.75) is 38.9 Å². The molecule has 0 radical (unpaired) electrons. The van der Waals surface area contributed by atoms with E-state index in [2.05, 4.69) is 4.99 Å². The standard InChI is InChI=1S/C27H27F4N5O5S2/c1-6-13(2)21(24(39)40)35(5)36-18(14-7-8-16(17(28)9-14)27(29,30)31)12-43-25(36)32-19(37)10-15-11-42-23-20(15)22(38)33(3)26(41)34(23)4/h7-9,11-13,21H,6,10H2,1-5H3,(H,39,40)/t13-,21-/m0/s1. The van der Waals surface area contributed by atoms with Gasteiger partial charge in [0.15, 0.2) is 0 Å². The van der Waals surface area contributed by atoms with Crippen molar-refractivity contribution >= 4 is 44.8 Å². The molecule has 16 heteroatoms. The summed E-state index contributed by atoms with van der Waals surface area (Å²) < 4.78 is 57.6. The summed E-state index contributed by atoms with van der Waals surface area (Å²) in [5, 5.41) is 14.5. The van der Waals surface area contributed by atoms with Gasteiger partial charge in [-0.15, -0.1) is 22.7 Å². The van der Waals surface area contributed by atoms with Gasteiger partial charge in [0.2, 0.25) is 4.80 Å². The number of carbonyl (C=O) groups is 2. The molecular weight excluding hydrogens is 614 g/mol. The molecule has 4 rings (SSSR count). The van der Waals surface area contributed by atoms with E-state index in [1.165, 1.54) is 40.8 Å². The lowest BCUT2D eigenvalue weighted by atomic mass is 9.99. The average molecular weight is 642 g/mol. The number of carboxylic acids is 1. The molecule has 0 bridgehead atoms. The second kappa shape index (κ2) is 11.9. The second-order valence-electron chi connectivity index (χ2n) is 9.98. The van der Waals surface area contributed by atoms with Gasteiger partial charge < -0.3 is 5.11 Å². The minimum Gasteiger partial charge on any atom is -0.480 e. The molecule has 10 nitrogen and oxygen atoms in total. The van der Waals surface area contributed by atoms with Crippen LogP contribution in [0, 0.1) is 11.7 Å². The number of thiazole rings is 1. The Labute approximate surface area is 249 Å². The summed E-state index contributed by atoms with van der Waals surface area (Å²) in [5.41, 5.74) is -2.09. The summed E-state index contributed by atoms with van der Waals surface area (Å²) in [4.78, 5) is 55.1. The Hall–Kier alpha value is -4.05. The number of aliphatic carboxylic acids is 1. The Morgan fingerprint density at radius 1 is 1.12 bits per heavy atom. The van der Waals surface area contributed by atoms with Gasteiger partial charge in [0.05, 0.1) is 23.1 Å². The predicted molar refractivity (Wildman–Crippen MR) is 154 cm³/mol. The molecule has 0 aliphatic carbocycles. The van der Waals surface area contributed by atoms with Gasteiger partial charge >= 0.3 is 17.8 Å². The van der Waals surface area contributed by atoms with E-state index in [4.69, 9.17) is 0 Å². The van der Waals surface area contributed by atoms with Crippen LogP contribution in [0.15, 0.2) is 43.5 Å². The molecular formula is C27H27F4N5O5S2. The van der Waals surface area contributed by atoms with Crippen molar-refractivity contribution in [3.63, 3.8) is 0 Å². The van der Waals surface area contributed by atoms with Gasteiger partial charge in [-0.25, -0.2) is 18.7 Å². The van der Waals surface area contributed by atoms with Crippen LogP contribution >= 0.6 is 22.7 Å². The van der Waals surface area contributed by atoms with Crippen LogP contribution in [0.2, 0.25) is 0 Å². The molecule has 0 fully saturated rings. The topological polar surface area (TPSA) is 119 Å². The fraction of sp³-hybridized carbons (Fsp3) is 0.370. The van der Waals surface area contributed by atoms with Crippen molar-refractivity contribution < 1.29 is 32.3 Å². The van der Waals surface area contributed by atoms with E-state index in [9.17, 15) is 41.8 Å². The molecule has 1 amide bonds. The maximum absolute atomic E-state index is 14.5. The molecule has 2 atom stereocenters. The van der Waals surface area contributed by atoms with E-state index in [1.807, 2.05) is 0 Å². The van der Waals surface area contributed by atoms with Crippen molar-refractivity contribution in [2.24, 2.45) is 25.0 Å². The van der Waals surface area contributed by atoms with Crippen LogP contribution in [0.4, 0.5) is 17.6 Å². The lowest BCUT2D eigenvalue weighted by molar-refractivity contribution is -0.141. The number of halogens is 4. The zero-order chi connectivity index (χ0) is 32.0. The monoisotopic (exact) mass is 641 g/mol. The summed E-state index contributed by atoms with van der Waals surface area (Å²) in [6.45, 7) is 3.50. The van der Waals surface area contributed by atoms with Crippen LogP contribution < -0.4 is 21.1 Å². The number of hydrogen-bond acceptors (Lipinski definition) is 7. The third kappa shape index (κ3) is 5.93. The largest absolute Gasteiger partial charge is 0.480 e. The van der Waals surface area contributed by atoms with Crippen molar-refractivity contribution in [1.82, 2.24) is 13.8 Å². The van der Waals surface area contributed by atoms with Crippen molar-refractivity contribution in [1.29, 1.82) is 0 Å². The van der Waals surface area contributed by atoms with Gasteiger partial charge in [0.1, 0.15) is 16.7 Å². The maximum Gasteiger partial charge on any atom is 0.419 e. The molecule has 4 aromatic rings. The summed E-state index contributed by atoms with van der Waals surface area (Å²) in [5.74, 6) is -3.82. The number of carbonyl (C=O) groups excluding carboxylic acids is 1. The third-order valence-electron chi connectivity index (χ3n) is 7.22. The third-order valence-corrected chi connectivity index (χ3v) is 9.14. The van der Waals surface area contributed by atoms with E-state index in [0.29, 0.717) is 28.9 Å². The lowest BCUT2D eigenvalue weighted by Gasteiger charge is -2.32. The van der Waals surface area contributed by atoms with E-state index in [1.54, 1.807) is 19.2 Å². The van der Waals surface area contributed by atoms with Crippen LogP contribution in [-0.4, -0.2) is 43.9 Å². The molecule has 230 valence electrons. The highest BCUT2D eigenvalue weighted by molar-refractivity contribution is 7.17. The number of carboxylic acid groups (broad SMARTS) is 1. The van der Waals surface area contributed by atoms with Gasteiger partial charge in [-0.3, -0.25) is 23.7 Å². The highest BCUT2D eigenvalue weighted by Crippen LogP contribution is 2.34. The zero-order valence-electron chi connectivity index (χ0n) is 23.6. The quantitative estimate of drug-likeness (QED) is 0.293. The molecule has 0 saturated carbocycles. The molecule has 43 heavy (non-hydrogen) atoms. The van der Waals surface area contributed by atoms with Crippen molar-refractivity contribution in [3.8, 4) is 11.3 Å². The van der Waals surface area contributed by atoms with Gasteiger partial charge in [0, 0.05) is 32.1 Å². The molecule has 0 saturated heterocycles. The summed E-state index contributed by atoms with van der Waals surface area (Å²) in [6.07, 6.45) is -4.78. The molecule has 0 aliphatic rings. The number of fused-ring (bicyclic) bond motifs is 1. The van der Waals surface area contributed by atoms with E-state index in [0.717, 1.165) is 33.3 Å². The molecule has 0 unspecified atom stereocenters. The van der Waals surface area contributed by atoms with Gasteiger partial charge in [-0.2, -0.15) is 18.2 Å². The Morgan fingerprint density at radius 2 is 1.79 bits per heavy atom.